The molecule has 0 radical (unpaired) electrons. The summed E-state index contributed by atoms with van der Waals surface area (Å²) in [5.74, 6) is 6.03. The first-order valence-corrected chi connectivity index (χ1v) is 3.37. The van der Waals surface area contributed by atoms with Crippen molar-refractivity contribution in [1.29, 1.82) is 0 Å². The van der Waals surface area contributed by atoms with E-state index in [-0.39, 0.29) is 24.8 Å². The van der Waals surface area contributed by atoms with Gasteiger partial charge in [-0.05, 0) is 18.8 Å². The average Bonchev–Trinajstić information content (AvgIpc) is 2.19. The van der Waals surface area contributed by atoms with Gasteiger partial charge in [-0.1, -0.05) is 12.8 Å². The van der Waals surface area contributed by atoms with E-state index in [4.69, 9.17) is 5.84 Å². The van der Waals surface area contributed by atoms with Crippen LogP contribution in [0, 0.1) is 5.92 Å². The molecule has 0 aromatic rings. The number of nitrogens with one attached hydrogen (secondary N) is 1. The van der Waals surface area contributed by atoms with Gasteiger partial charge in [0.2, 0.25) is 0 Å². The zero-order chi connectivity index (χ0) is 5.82. The third-order valence-electron chi connectivity index (χ3n) is 1.88. The van der Waals surface area contributed by atoms with E-state index in [0.717, 1.165) is 12.5 Å². The topological polar surface area (TPSA) is 38.0 Å². The van der Waals surface area contributed by atoms with Gasteiger partial charge in [0.1, 0.15) is 0 Å². The second kappa shape index (κ2) is 7.61. The van der Waals surface area contributed by atoms with E-state index in [1.54, 1.807) is 0 Å². The van der Waals surface area contributed by atoms with Gasteiger partial charge in [-0.2, -0.15) is 0 Å². The Morgan fingerprint density at radius 2 is 1.70 bits per heavy atom. The quantitative estimate of drug-likeness (QED) is 0.507. The highest BCUT2D eigenvalue weighted by molar-refractivity contribution is 5.85. The van der Waals surface area contributed by atoms with Gasteiger partial charge in [0.05, 0.1) is 0 Å². The molecule has 0 unspecified atom stereocenters. The molecule has 1 aliphatic rings. The standard InChI is InChI=1S/C6H14N2.2ClH/c7-8-5-6-3-1-2-4-6;;/h6,8H,1-5,7H2;2*1H. The van der Waals surface area contributed by atoms with Crippen molar-refractivity contribution in [1.82, 2.24) is 5.43 Å². The molecule has 0 aromatic heterocycles. The average molecular weight is 187 g/mol. The largest absolute Gasteiger partial charge is 0.271 e. The number of hydrogen-bond donors (Lipinski definition) is 2. The molecule has 1 fully saturated rings. The van der Waals surface area contributed by atoms with Crippen molar-refractivity contribution < 1.29 is 0 Å². The van der Waals surface area contributed by atoms with E-state index in [0.29, 0.717) is 0 Å². The van der Waals surface area contributed by atoms with Gasteiger partial charge < -0.3 is 0 Å². The second-order valence-electron chi connectivity index (χ2n) is 2.56. The molecule has 10 heavy (non-hydrogen) atoms. The van der Waals surface area contributed by atoms with Gasteiger partial charge in [0.25, 0.3) is 0 Å². The fraction of sp³-hybridized carbons (Fsp3) is 1.00. The maximum atomic E-state index is 5.16. The van der Waals surface area contributed by atoms with Gasteiger partial charge in [-0.25, -0.2) is 0 Å². The Labute approximate surface area is 74.7 Å². The summed E-state index contributed by atoms with van der Waals surface area (Å²) in [7, 11) is 0. The normalized spacial score (nSPS) is 17.7. The summed E-state index contributed by atoms with van der Waals surface area (Å²) in [6.45, 7) is 1.01. The van der Waals surface area contributed by atoms with Gasteiger partial charge in [0.15, 0.2) is 0 Å². The minimum absolute atomic E-state index is 0. The SMILES string of the molecule is Cl.Cl.NNCC1CCCC1. The van der Waals surface area contributed by atoms with Crippen molar-refractivity contribution >= 4 is 24.8 Å². The smallest absolute Gasteiger partial charge is 0.0126 e. The Balaban J connectivity index is 0. The number of rotatable bonds is 2. The molecule has 64 valence electrons. The Bertz CT molecular complexity index is 64.8. The fourth-order valence-electron chi connectivity index (χ4n) is 1.38. The number of halogens is 2. The molecule has 0 aromatic carbocycles. The minimum atomic E-state index is 0. The molecule has 1 aliphatic carbocycles. The van der Waals surface area contributed by atoms with E-state index in [1.807, 2.05) is 0 Å². The van der Waals surface area contributed by atoms with Crippen LogP contribution in [0.1, 0.15) is 25.7 Å². The third-order valence-corrected chi connectivity index (χ3v) is 1.88. The van der Waals surface area contributed by atoms with Crippen molar-refractivity contribution in [3.63, 3.8) is 0 Å². The van der Waals surface area contributed by atoms with E-state index < -0.39 is 0 Å². The van der Waals surface area contributed by atoms with Crippen LogP contribution in [-0.2, 0) is 0 Å². The van der Waals surface area contributed by atoms with Crippen LogP contribution < -0.4 is 11.3 Å². The Kier molecular flexibility index (Phi) is 9.97. The monoisotopic (exact) mass is 186 g/mol. The first-order chi connectivity index (χ1) is 3.93. The van der Waals surface area contributed by atoms with Crippen LogP contribution in [0.15, 0.2) is 0 Å². The molecule has 0 amide bonds. The molecule has 1 rings (SSSR count). The summed E-state index contributed by atoms with van der Waals surface area (Å²) in [4.78, 5) is 0. The van der Waals surface area contributed by atoms with Gasteiger partial charge in [-0.15, -0.1) is 24.8 Å². The van der Waals surface area contributed by atoms with Gasteiger partial charge >= 0.3 is 0 Å². The second-order valence-corrected chi connectivity index (χ2v) is 2.56. The summed E-state index contributed by atoms with van der Waals surface area (Å²) in [6, 6.07) is 0. The van der Waals surface area contributed by atoms with Gasteiger partial charge in [0, 0.05) is 6.54 Å². The molecule has 0 heterocycles. The van der Waals surface area contributed by atoms with E-state index >= 15 is 0 Å². The van der Waals surface area contributed by atoms with Crippen LogP contribution >= 0.6 is 24.8 Å². The Morgan fingerprint density at radius 1 is 1.20 bits per heavy atom. The highest BCUT2D eigenvalue weighted by atomic mass is 35.5. The number of hydrogen-bond acceptors (Lipinski definition) is 2. The van der Waals surface area contributed by atoms with E-state index in [1.165, 1.54) is 25.7 Å². The van der Waals surface area contributed by atoms with Crippen molar-refractivity contribution in [2.45, 2.75) is 25.7 Å². The summed E-state index contributed by atoms with van der Waals surface area (Å²) in [5.41, 5.74) is 2.71. The van der Waals surface area contributed by atoms with Crippen molar-refractivity contribution in [3.05, 3.63) is 0 Å². The summed E-state index contributed by atoms with van der Waals surface area (Å²) in [5, 5.41) is 0. The maximum absolute atomic E-state index is 5.16. The molecule has 0 bridgehead atoms. The predicted molar refractivity (Wildman–Crippen MR) is 48.6 cm³/mol. The number of nitrogens with two attached hydrogens (primary N) is 1. The van der Waals surface area contributed by atoms with E-state index in [9.17, 15) is 0 Å². The summed E-state index contributed by atoms with van der Waals surface area (Å²) in [6.07, 6.45) is 5.58. The lowest BCUT2D eigenvalue weighted by Gasteiger charge is -2.04. The van der Waals surface area contributed by atoms with Crippen LogP contribution in [0.3, 0.4) is 0 Å². The van der Waals surface area contributed by atoms with Gasteiger partial charge in [-0.3, -0.25) is 11.3 Å². The fourth-order valence-corrected chi connectivity index (χ4v) is 1.38. The van der Waals surface area contributed by atoms with Crippen LogP contribution in [0.25, 0.3) is 0 Å². The predicted octanol–water partition coefficient (Wildman–Crippen LogP) is 1.48. The van der Waals surface area contributed by atoms with E-state index in [2.05, 4.69) is 5.43 Å². The van der Waals surface area contributed by atoms with Crippen LogP contribution in [0.5, 0.6) is 0 Å². The summed E-state index contributed by atoms with van der Waals surface area (Å²) >= 11 is 0. The lowest BCUT2D eigenvalue weighted by atomic mass is 10.1. The molecule has 0 saturated heterocycles. The highest BCUT2D eigenvalue weighted by Crippen LogP contribution is 2.23. The Hall–Kier alpha value is 0.500. The maximum Gasteiger partial charge on any atom is 0.0126 e. The molecule has 2 nitrogen and oxygen atoms in total. The molecular weight excluding hydrogens is 171 g/mol. The molecule has 4 heteroatoms. The molecule has 3 N–H and O–H groups in total. The van der Waals surface area contributed by atoms with Crippen molar-refractivity contribution in [2.75, 3.05) is 6.54 Å². The van der Waals surface area contributed by atoms with Crippen LogP contribution in [-0.4, -0.2) is 6.54 Å². The molecule has 0 aliphatic heterocycles. The third kappa shape index (κ3) is 4.34. The van der Waals surface area contributed by atoms with Crippen LogP contribution in [0.2, 0.25) is 0 Å². The zero-order valence-corrected chi connectivity index (χ0v) is 7.64. The van der Waals surface area contributed by atoms with Crippen molar-refractivity contribution in [2.24, 2.45) is 11.8 Å². The molecule has 1 saturated carbocycles. The lowest BCUT2D eigenvalue weighted by molar-refractivity contribution is 0.499. The summed E-state index contributed by atoms with van der Waals surface area (Å²) < 4.78 is 0. The first kappa shape index (κ1) is 13.1. The lowest BCUT2D eigenvalue weighted by Crippen LogP contribution is -2.27. The molecule has 0 atom stereocenters. The zero-order valence-electron chi connectivity index (χ0n) is 6.01. The highest BCUT2D eigenvalue weighted by Gasteiger charge is 2.12. The minimum Gasteiger partial charge on any atom is -0.271 e. The molecular formula is C6H16Cl2N2. The molecule has 0 spiro atoms. The Morgan fingerprint density at radius 3 is 2.10 bits per heavy atom. The van der Waals surface area contributed by atoms with Crippen LogP contribution in [0.4, 0.5) is 0 Å². The first-order valence-electron chi connectivity index (χ1n) is 3.37. The number of hydrazine groups is 1. The van der Waals surface area contributed by atoms with Crippen molar-refractivity contribution in [3.8, 4) is 0 Å².